The molecule has 0 spiro atoms. The van der Waals surface area contributed by atoms with Gasteiger partial charge in [0.15, 0.2) is 0 Å². The van der Waals surface area contributed by atoms with Gasteiger partial charge in [0.25, 0.3) is 0 Å². The van der Waals surface area contributed by atoms with Crippen molar-refractivity contribution < 1.29 is 18.0 Å². The fourth-order valence-corrected chi connectivity index (χ4v) is 9.36. The van der Waals surface area contributed by atoms with Crippen molar-refractivity contribution in [2.24, 2.45) is 34.8 Å². The van der Waals surface area contributed by atoms with Crippen LogP contribution in [0.15, 0.2) is 18.2 Å². The summed E-state index contributed by atoms with van der Waals surface area (Å²) in [6.45, 7) is 4.25. The van der Waals surface area contributed by atoms with E-state index in [4.69, 9.17) is 17.3 Å². The first-order chi connectivity index (χ1) is 16.0. The van der Waals surface area contributed by atoms with E-state index < -0.39 is 15.6 Å². The average molecular weight is 509 g/mol. The van der Waals surface area contributed by atoms with Crippen molar-refractivity contribution in [1.82, 2.24) is 9.62 Å². The molecule has 3 N–H and O–H groups in total. The normalized spacial score (nSPS) is 36.4. The third kappa shape index (κ3) is 3.99. The first kappa shape index (κ1) is 23.9. The molecule has 4 aliphatic carbocycles. The number of hydrogen-bond acceptors (Lipinski definition) is 4. The fourth-order valence-electron chi connectivity index (χ4n) is 7.24. The van der Waals surface area contributed by atoms with Gasteiger partial charge in [-0.1, -0.05) is 18.5 Å². The number of carbonyl (C=O) groups excluding carboxylic acids is 2. The van der Waals surface area contributed by atoms with Crippen molar-refractivity contribution in [2.45, 2.75) is 52.0 Å². The van der Waals surface area contributed by atoms with Crippen molar-refractivity contribution in [3.8, 4) is 0 Å². The number of carbonyl (C=O) groups is 2. The third-order valence-electron chi connectivity index (χ3n) is 8.47. The summed E-state index contributed by atoms with van der Waals surface area (Å²) in [4.78, 5) is 25.3. The molecule has 5 aliphatic rings. The first-order valence-electron chi connectivity index (χ1n) is 12.1. The zero-order valence-electron chi connectivity index (χ0n) is 19.7. The van der Waals surface area contributed by atoms with Crippen LogP contribution in [0.4, 0.5) is 5.69 Å². The van der Waals surface area contributed by atoms with Gasteiger partial charge in [0, 0.05) is 29.6 Å². The minimum Gasteiger partial charge on any atom is -0.369 e. The van der Waals surface area contributed by atoms with Crippen LogP contribution in [0.3, 0.4) is 0 Å². The quantitative estimate of drug-likeness (QED) is 0.636. The van der Waals surface area contributed by atoms with E-state index in [0.29, 0.717) is 29.7 Å². The number of benzene rings is 1. The Balaban J connectivity index is 1.30. The number of hydrogen-bond donors (Lipinski definition) is 2. The number of anilines is 1. The predicted octanol–water partition coefficient (Wildman–Crippen LogP) is 2.45. The van der Waals surface area contributed by atoms with Crippen LogP contribution in [-0.4, -0.2) is 50.2 Å². The van der Waals surface area contributed by atoms with Gasteiger partial charge in [0.05, 0.1) is 12.2 Å². The van der Waals surface area contributed by atoms with Crippen LogP contribution in [0.25, 0.3) is 0 Å². The molecular formula is C24H33ClN4O4S. The monoisotopic (exact) mass is 508 g/mol. The van der Waals surface area contributed by atoms with E-state index in [2.05, 4.69) is 5.32 Å². The number of amides is 2. The lowest BCUT2D eigenvalue weighted by Crippen LogP contribution is -2.63. The third-order valence-corrected chi connectivity index (χ3v) is 10.5. The smallest absolute Gasteiger partial charge is 0.304 e. The number of nitrogens with one attached hydrogen (secondary N) is 1. The van der Waals surface area contributed by atoms with Gasteiger partial charge in [-0.3, -0.25) is 13.9 Å². The number of nitrogens with zero attached hydrogens (tertiary/aromatic N) is 2. The van der Waals surface area contributed by atoms with Crippen LogP contribution >= 0.6 is 11.6 Å². The molecule has 3 atom stereocenters. The summed E-state index contributed by atoms with van der Waals surface area (Å²) >= 11 is 6.07. The molecule has 0 aromatic heterocycles. The molecule has 6 rings (SSSR count). The standard InChI is InChI=1S/C24H33ClN4O4S/c1-14-11-28(34(32,33)29(12-14)20-4-3-19(25)5-15(20)2)13-21(30)27-22-17-6-16-7-18(22)10-24(8-16,9-17)23(26)31/h3-5,14,16-18,22H,6-13H2,1-2H3,(H2,26,31)(H,27,30). The summed E-state index contributed by atoms with van der Waals surface area (Å²) < 4.78 is 29.6. The lowest BCUT2D eigenvalue weighted by atomic mass is 9.47. The Kier molecular flexibility index (Phi) is 5.89. The highest BCUT2D eigenvalue weighted by Gasteiger charge is 2.58. The Hall–Kier alpha value is -1.84. The van der Waals surface area contributed by atoms with Crippen molar-refractivity contribution in [3.05, 3.63) is 28.8 Å². The molecule has 1 aromatic carbocycles. The lowest BCUT2D eigenvalue weighted by molar-refractivity contribution is -0.147. The molecule has 2 amide bonds. The van der Waals surface area contributed by atoms with Crippen molar-refractivity contribution in [1.29, 1.82) is 0 Å². The highest BCUT2D eigenvalue weighted by atomic mass is 35.5. The molecular weight excluding hydrogens is 476 g/mol. The minimum atomic E-state index is -3.86. The zero-order chi connectivity index (χ0) is 24.4. The molecule has 186 valence electrons. The molecule has 8 nitrogen and oxygen atoms in total. The van der Waals surface area contributed by atoms with E-state index in [-0.39, 0.29) is 42.2 Å². The topological polar surface area (TPSA) is 113 Å². The second-order valence-corrected chi connectivity index (χ2v) is 13.4. The van der Waals surface area contributed by atoms with Crippen LogP contribution in [0.1, 0.15) is 44.6 Å². The van der Waals surface area contributed by atoms with Gasteiger partial charge in [0.1, 0.15) is 0 Å². The summed E-state index contributed by atoms with van der Waals surface area (Å²) in [5.41, 5.74) is 6.71. The van der Waals surface area contributed by atoms with E-state index >= 15 is 0 Å². The number of primary amides is 1. The minimum absolute atomic E-state index is 0.0175. The van der Waals surface area contributed by atoms with Crippen LogP contribution in [0.5, 0.6) is 0 Å². The molecule has 0 radical (unpaired) electrons. The van der Waals surface area contributed by atoms with Gasteiger partial charge in [-0.2, -0.15) is 12.7 Å². The Morgan fingerprint density at radius 1 is 1.18 bits per heavy atom. The number of halogens is 1. The summed E-state index contributed by atoms with van der Waals surface area (Å²) in [5.74, 6) is 0.528. The Morgan fingerprint density at radius 3 is 2.47 bits per heavy atom. The summed E-state index contributed by atoms with van der Waals surface area (Å²) in [6, 6.07) is 5.12. The van der Waals surface area contributed by atoms with E-state index in [1.165, 1.54) is 8.61 Å². The van der Waals surface area contributed by atoms with Crippen LogP contribution in [0.2, 0.25) is 5.02 Å². The van der Waals surface area contributed by atoms with Crippen molar-refractivity contribution in [2.75, 3.05) is 23.9 Å². The maximum atomic E-state index is 13.5. The van der Waals surface area contributed by atoms with Crippen LogP contribution in [0, 0.1) is 36.0 Å². The lowest BCUT2D eigenvalue weighted by Gasteiger charge is -2.58. The summed E-state index contributed by atoms with van der Waals surface area (Å²) in [7, 11) is -3.86. The zero-order valence-corrected chi connectivity index (χ0v) is 21.2. The van der Waals surface area contributed by atoms with Crippen LogP contribution in [-0.2, 0) is 19.8 Å². The van der Waals surface area contributed by atoms with E-state index in [0.717, 1.165) is 37.7 Å². The van der Waals surface area contributed by atoms with E-state index in [9.17, 15) is 18.0 Å². The molecule has 1 heterocycles. The Labute approximate surface area is 206 Å². The SMILES string of the molecule is Cc1cc(Cl)ccc1N1CC(C)CN(CC(=O)NC2C3CC4CC2CC(C(N)=O)(C4)C3)S1(=O)=O. The fraction of sp³-hybridized carbons (Fsp3) is 0.667. The highest BCUT2D eigenvalue weighted by molar-refractivity contribution is 7.90. The largest absolute Gasteiger partial charge is 0.369 e. The van der Waals surface area contributed by atoms with Gasteiger partial charge in [-0.15, -0.1) is 0 Å². The predicted molar refractivity (Wildman–Crippen MR) is 130 cm³/mol. The molecule has 1 aliphatic heterocycles. The molecule has 4 bridgehead atoms. The Bertz CT molecular complexity index is 1110. The van der Waals surface area contributed by atoms with Gasteiger partial charge in [-0.05, 0) is 86.5 Å². The Morgan fingerprint density at radius 2 is 1.85 bits per heavy atom. The molecule has 34 heavy (non-hydrogen) atoms. The maximum absolute atomic E-state index is 13.5. The number of rotatable bonds is 5. The van der Waals surface area contributed by atoms with Gasteiger partial charge in [0.2, 0.25) is 11.8 Å². The molecule has 1 saturated heterocycles. The van der Waals surface area contributed by atoms with Crippen molar-refractivity contribution in [3.63, 3.8) is 0 Å². The highest BCUT2D eigenvalue weighted by Crippen LogP contribution is 2.59. The first-order valence-corrected chi connectivity index (χ1v) is 13.9. The van der Waals surface area contributed by atoms with Gasteiger partial charge < -0.3 is 11.1 Å². The summed E-state index contributed by atoms with van der Waals surface area (Å²) in [5, 5.41) is 3.71. The second kappa shape index (κ2) is 8.38. The number of aryl methyl sites for hydroxylation is 1. The van der Waals surface area contributed by atoms with Crippen molar-refractivity contribution >= 4 is 39.3 Å². The van der Waals surface area contributed by atoms with Gasteiger partial charge >= 0.3 is 10.2 Å². The van der Waals surface area contributed by atoms with Gasteiger partial charge in [-0.25, -0.2) is 0 Å². The molecule has 3 unspecified atom stereocenters. The second-order valence-electron chi connectivity index (χ2n) is 11.1. The molecule has 10 heteroatoms. The van der Waals surface area contributed by atoms with E-state index in [1.807, 2.05) is 13.8 Å². The molecule has 1 aromatic rings. The number of nitrogens with two attached hydrogens (primary N) is 1. The molecule has 4 saturated carbocycles. The molecule has 5 fully saturated rings. The van der Waals surface area contributed by atoms with E-state index in [1.54, 1.807) is 18.2 Å². The van der Waals surface area contributed by atoms with Crippen LogP contribution < -0.4 is 15.4 Å². The average Bonchev–Trinajstić information content (AvgIpc) is 2.73. The maximum Gasteiger partial charge on any atom is 0.304 e. The summed E-state index contributed by atoms with van der Waals surface area (Å²) in [6.07, 6.45) is 4.32.